The van der Waals surface area contributed by atoms with Gasteiger partial charge >= 0.3 is 0 Å². The SMILES string of the molecule is CC(=O)C(NC(=O)c1nn(Cc2ccc(C#N)cc2)c2ccccc12)C(C)(C)C. The van der Waals surface area contributed by atoms with Crippen LogP contribution in [0.3, 0.4) is 0 Å². The van der Waals surface area contributed by atoms with Gasteiger partial charge in [-0.25, -0.2) is 0 Å². The lowest BCUT2D eigenvalue weighted by Gasteiger charge is -2.29. The molecule has 6 heteroatoms. The summed E-state index contributed by atoms with van der Waals surface area (Å²) >= 11 is 0. The van der Waals surface area contributed by atoms with Crippen molar-refractivity contribution in [1.82, 2.24) is 15.1 Å². The molecule has 1 amide bonds. The molecule has 0 spiro atoms. The highest BCUT2D eigenvalue weighted by Crippen LogP contribution is 2.23. The number of aromatic nitrogens is 2. The van der Waals surface area contributed by atoms with Gasteiger partial charge in [-0.3, -0.25) is 14.3 Å². The maximum absolute atomic E-state index is 13.0. The molecular weight excluding hydrogens is 364 g/mol. The average molecular weight is 388 g/mol. The molecule has 0 saturated heterocycles. The summed E-state index contributed by atoms with van der Waals surface area (Å²) in [5.74, 6) is -0.456. The van der Waals surface area contributed by atoms with Crippen LogP contribution in [0.1, 0.15) is 49.3 Å². The Kier molecular flexibility index (Phi) is 5.51. The Morgan fingerprint density at radius 1 is 1.14 bits per heavy atom. The fraction of sp³-hybridized carbons (Fsp3) is 0.304. The van der Waals surface area contributed by atoms with E-state index in [2.05, 4.69) is 16.5 Å². The molecule has 0 fully saturated rings. The van der Waals surface area contributed by atoms with Crippen molar-refractivity contribution in [3.63, 3.8) is 0 Å². The van der Waals surface area contributed by atoms with Gasteiger partial charge in [-0.2, -0.15) is 10.4 Å². The average Bonchev–Trinajstić information content (AvgIpc) is 3.04. The highest BCUT2D eigenvalue weighted by atomic mass is 16.2. The van der Waals surface area contributed by atoms with Gasteiger partial charge in [0.25, 0.3) is 5.91 Å². The maximum Gasteiger partial charge on any atom is 0.273 e. The van der Waals surface area contributed by atoms with Crippen LogP contribution in [0.15, 0.2) is 48.5 Å². The topological polar surface area (TPSA) is 87.8 Å². The minimum absolute atomic E-state index is 0.0906. The van der Waals surface area contributed by atoms with Crippen LogP contribution in [-0.4, -0.2) is 27.5 Å². The van der Waals surface area contributed by atoms with Crippen LogP contribution >= 0.6 is 0 Å². The molecule has 0 saturated carbocycles. The van der Waals surface area contributed by atoms with Crippen molar-refractivity contribution in [2.24, 2.45) is 5.41 Å². The van der Waals surface area contributed by atoms with Gasteiger partial charge in [0.15, 0.2) is 11.5 Å². The van der Waals surface area contributed by atoms with Crippen LogP contribution in [0.5, 0.6) is 0 Å². The molecule has 3 rings (SSSR count). The number of carbonyl (C=O) groups is 2. The van der Waals surface area contributed by atoms with Gasteiger partial charge in [0.1, 0.15) is 0 Å². The molecule has 0 aliphatic carbocycles. The highest BCUT2D eigenvalue weighted by Gasteiger charge is 2.31. The predicted molar refractivity (Wildman–Crippen MR) is 111 cm³/mol. The number of para-hydroxylation sites is 1. The first-order valence-electron chi connectivity index (χ1n) is 9.46. The maximum atomic E-state index is 13.0. The summed E-state index contributed by atoms with van der Waals surface area (Å²) in [4.78, 5) is 25.1. The summed E-state index contributed by atoms with van der Waals surface area (Å²) in [5, 5.41) is 17.1. The Labute approximate surface area is 170 Å². The minimum atomic E-state index is -0.600. The van der Waals surface area contributed by atoms with Gasteiger partial charge in [0.2, 0.25) is 0 Å². The summed E-state index contributed by atoms with van der Waals surface area (Å²) < 4.78 is 1.77. The molecule has 1 atom stereocenters. The summed E-state index contributed by atoms with van der Waals surface area (Å²) in [5.41, 5.74) is 2.29. The van der Waals surface area contributed by atoms with E-state index >= 15 is 0 Å². The number of nitrogens with one attached hydrogen (secondary N) is 1. The number of amides is 1. The van der Waals surface area contributed by atoms with Crippen molar-refractivity contribution in [1.29, 1.82) is 5.26 Å². The van der Waals surface area contributed by atoms with Gasteiger partial charge < -0.3 is 5.32 Å². The first kappa shape index (κ1) is 20.3. The predicted octanol–water partition coefficient (Wildman–Crippen LogP) is 3.69. The van der Waals surface area contributed by atoms with E-state index < -0.39 is 11.5 Å². The zero-order valence-electron chi connectivity index (χ0n) is 17.1. The van der Waals surface area contributed by atoms with E-state index in [1.807, 2.05) is 57.2 Å². The number of hydrogen-bond acceptors (Lipinski definition) is 4. The zero-order valence-corrected chi connectivity index (χ0v) is 17.1. The smallest absolute Gasteiger partial charge is 0.273 e. The molecule has 0 radical (unpaired) electrons. The van der Waals surface area contributed by atoms with Gasteiger partial charge in [-0.05, 0) is 36.1 Å². The molecule has 0 aliphatic rings. The molecule has 6 nitrogen and oxygen atoms in total. The van der Waals surface area contributed by atoms with E-state index in [0.717, 1.165) is 16.5 Å². The van der Waals surface area contributed by atoms with Crippen LogP contribution in [0.2, 0.25) is 0 Å². The number of fused-ring (bicyclic) bond motifs is 1. The third-order valence-electron chi connectivity index (χ3n) is 4.84. The second kappa shape index (κ2) is 7.88. The van der Waals surface area contributed by atoms with Gasteiger partial charge in [0.05, 0.1) is 29.7 Å². The lowest BCUT2D eigenvalue weighted by molar-refractivity contribution is -0.121. The molecule has 0 aliphatic heterocycles. The zero-order chi connectivity index (χ0) is 21.2. The Bertz CT molecular complexity index is 1100. The number of nitrogens with zero attached hydrogens (tertiary/aromatic N) is 3. The first-order chi connectivity index (χ1) is 13.7. The van der Waals surface area contributed by atoms with Crippen molar-refractivity contribution in [2.75, 3.05) is 0 Å². The van der Waals surface area contributed by atoms with Gasteiger partial charge in [0, 0.05) is 5.39 Å². The third kappa shape index (κ3) is 4.35. The number of rotatable bonds is 5. The van der Waals surface area contributed by atoms with Crippen LogP contribution < -0.4 is 5.32 Å². The Hall–Kier alpha value is -3.46. The Morgan fingerprint density at radius 3 is 2.38 bits per heavy atom. The fourth-order valence-corrected chi connectivity index (χ4v) is 3.40. The number of ketones is 1. The molecule has 1 N–H and O–H groups in total. The Balaban J connectivity index is 1.96. The summed E-state index contributed by atoms with van der Waals surface area (Å²) in [6, 6.07) is 16.3. The van der Waals surface area contributed by atoms with Crippen LogP contribution in [0.4, 0.5) is 0 Å². The third-order valence-corrected chi connectivity index (χ3v) is 4.84. The molecule has 1 heterocycles. The quantitative estimate of drug-likeness (QED) is 0.722. The lowest BCUT2D eigenvalue weighted by Crippen LogP contribution is -2.48. The second-order valence-electron chi connectivity index (χ2n) is 8.22. The van der Waals surface area contributed by atoms with E-state index in [1.165, 1.54) is 6.92 Å². The lowest BCUT2D eigenvalue weighted by atomic mass is 9.84. The molecule has 1 aromatic heterocycles. The molecule has 3 aromatic rings. The van der Waals surface area contributed by atoms with Crippen molar-refractivity contribution in [3.05, 3.63) is 65.4 Å². The molecule has 0 bridgehead atoms. The molecule has 29 heavy (non-hydrogen) atoms. The van der Waals surface area contributed by atoms with E-state index in [9.17, 15) is 9.59 Å². The number of carbonyl (C=O) groups excluding carboxylic acids is 2. The van der Waals surface area contributed by atoms with Crippen LogP contribution in [-0.2, 0) is 11.3 Å². The molecule has 1 unspecified atom stereocenters. The van der Waals surface area contributed by atoms with E-state index in [0.29, 0.717) is 17.8 Å². The van der Waals surface area contributed by atoms with Gasteiger partial charge in [-0.1, -0.05) is 51.1 Å². The Morgan fingerprint density at radius 2 is 1.79 bits per heavy atom. The largest absolute Gasteiger partial charge is 0.340 e. The summed E-state index contributed by atoms with van der Waals surface area (Å²) in [7, 11) is 0. The monoisotopic (exact) mass is 388 g/mol. The summed E-state index contributed by atoms with van der Waals surface area (Å²) in [6.07, 6.45) is 0. The minimum Gasteiger partial charge on any atom is -0.340 e. The number of Topliss-reactive ketones (excluding diaryl/α,β-unsaturated/α-hetero) is 1. The first-order valence-corrected chi connectivity index (χ1v) is 9.46. The van der Waals surface area contributed by atoms with Gasteiger partial charge in [-0.15, -0.1) is 0 Å². The highest BCUT2D eigenvalue weighted by molar-refractivity contribution is 6.06. The number of benzene rings is 2. The van der Waals surface area contributed by atoms with E-state index in [1.54, 1.807) is 16.8 Å². The van der Waals surface area contributed by atoms with E-state index in [-0.39, 0.29) is 11.7 Å². The second-order valence-corrected chi connectivity index (χ2v) is 8.22. The standard InChI is InChI=1S/C23H24N4O2/c1-15(28)21(23(2,3)4)25-22(29)20-18-7-5-6-8-19(18)27(26-20)14-17-11-9-16(13-24)10-12-17/h5-12,21H,14H2,1-4H3,(H,25,29). The van der Waals surface area contributed by atoms with Crippen molar-refractivity contribution in [2.45, 2.75) is 40.3 Å². The van der Waals surface area contributed by atoms with Crippen LogP contribution in [0, 0.1) is 16.7 Å². The normalized spacial score (nSPS) is 12.4. The van der Waals surface area contributed by atoms with E-state index in [4.69, 9.17) is 5.26 Å². The molecule has 2 aromatic carbocycles. The molecular formula is C23H24N4O2. The number of hydrogen-bond donors (Lipinski definition) is 1. The molecule has 148 valence electrons. The summed E-state index contributed by atoms with van der Waals surface area (Å²) in [6.45, 7) is 7.70. The fourth-order valence-electron chi connectivity index (χ4n) is 3.40. The van der Waals surface area contributed by atoms with Crippen molar-refractivity contribution in [3.8, 4) is 6.07 Å². The van der Waals surface area contributed by atoms with Crippen molar-refractivity contribution >= 4 is 22.6 Å². The van der Waals surface area contributed by atoms with Crippen molar-refractivity contribution < 1.29 is 9.59 Å². The van der Waals surface area contributed by atoms with Crippen LogP contribution in [0.25, 0.3) is 10.9 Å². The number of nitriles is 1.